The van der Waals surface area contributed by atoms with Crippen molar-refractivity contribution in [3.05, 3.63) is 30.5 Å². The van der Waals surface area contributed by atoms with Gasteiger partial charge in [0.15, 0.2) is 5.82 Å². The van der Waals surface area contributed by atoms with Crippen LogP contribution in [0.2, 0.25) is 0 Å². The van der Waals surface area contributed by atoms with Gasteiger partial charge in [-0.25, -0.2) is 0 Å². The molecule has 0 aliphatic heterocycles. The number of hydrogen-bond donors (Lipinski definition) is 2. The topological polar surface area (TPSA) is 66.9 Å². The number of rotatable bonds is 5. The largest absolute Gasteiger partial charge is 0.368 e. The van der Waals surface area contributed by atoms with E-state index in [9.17, 15) is 4.79 Å². The fourth-order valence-electron chi connectivity index (χ4n) is 1.74. The van der Waals surface area contributed by atoms with Crippen molar-refractivity contribution in [2.45, 2.75) is 13.3 Å². The lowest BCUT2D eigenvalue weighted by atomic mass is 10.2. The number of fused-ring (bicyclic) bond motifs is 1. The molecule has 0 aliphatic rings. The zero-order chi connectivity index (χ0) is 12.8. The lowest BCUT2D eigenvalue weighted by molar-refractivity contribution is -0.120. The van der Waals surface area contributed by atoms with Crippen LogP contribution in [0.5, 0.6) is 0 Å². The molecule has 1 aromatic carbocycles. The summed E-state index contributed by atoms with van der Waals surface area (Å²) >= 11 is 0. The lowest BCUT2D eigenvalue weighted by Crippen LogP contribution is -2.24. The van der Waals surface area contributed by atoms with Crippen LogP contribution in [0, 0.1) is 0 Å². The van der Waals surface area contributed by atoms with Crippen molar-refractivity contribution in [1.29, 1.82) is 0 Å². The van der Waals surface area contributed by atoms with E-state index < -0.39 is 0 Å². The first-order valence-corrected chi connectivity index (χ1v) is 6.02. The third-order valence-electron chi connectivity index (χ3n) is 2.59. The quantitative estimate of drug-likeness (QED) is 0.837. The Morgan fingerprint density at radius 1 is 1.33 bits per heavy atom. The Kier molecular flexibility index (Phi) is 4.06. The molecule has 18 heavy (non-hydrogen) atoms. The van der Waals surface area contributed by atoms with Crippen LogP contribution in [0.4, 0.5) is 5.82 Å². The summed E-state index contributed by atoms with van der Waals surface area (Å²) in [6.45, 7) is 3.11. The van der Waals surface area contributed by atoms with E-state index in [1.165, 1.54) is 0 Å². The van der Waals surface area contributed by atoms with Crippen molar-refractivity contribution in [3.63, 3.8) is 0 Å². The fraction of sp³-hybridized carbons (Fsp3) is 0.308. The normalized spacial score (nSPS) is 10.3. The van der Waals surface area contributed by atoms with Gasteiger partial charge in [0.25, 0.3) is 0 Å². The predicted octanol–water partition coefficient (Wildman–Crippen LogP) is 1.57. The third-order valence-corrected chi connectivity index (χ3v) is 2.59. The van der Waals surface area contributed by atoms with Crippen LogP contribution in [0.15, 0.2) is 30.5 Å². The highest BCUT2D eigenvalue weighted by atomic mass is 16.1. The maximum Gasteiger partial charge on any atom is 0.221 e. The Hall–Kier alpha value is -2.17. The van der Waals surface area contributed by atoms with E-state index in [2.05, 4.69) is 20.8 Å². The number of benzene rings is 1. The minimum atomic E-state index is 0.0400. The summed E-state index contributed by atoms with van der Waals surface area (Å²) in [7, 11) is 0. The van der Waals surface area contributed by atoms with Crippen molar-refractivity contribution >= 4 is 22.5 Å². The monoisotopic (exact) mass is 244 g/mol. The molecule has 1 amide bonds. The Labute approximate surface area is 106 Å². The molecule has 2 aromatic rings. The van der Waals surface area contributed by atoms with Gasteiger partial charge in [-0.15, -0.1) is 5.10 Å². The SMILES string of the molecule is CCNC(=O)CCNc1nncc2ccccc12. The van der Waals surface area contributed by atoms with Gasteiger partial charge in [0.2, 0.25) is 5.91 Å². The predicted molar refractivity (Wildman–Crippen MR) is 71.3 cm³/mol. The molecule has 5 heteroatoms. The molecule has 2 rings (SSSR count). The van der Waals surface area contributed by atoms with Crippen molar-refractivity contribution in [2.24, 2.45) is 0 Å². The van der Waals surface area contributed by atoms with Gasteiger partial charge in [-0.1, -0.05) is 24.3 Å². The number of aromatic nitrogens is 2. The number of anilines is 1. The maximum atomic E-state index is 11.3. The molecule has 5 nitrogen and oxygen atoms in total. The number of hydrogen-bond acceptors (Lipinski definition) is 4. The Bertz CT molecular complexity index is 536. The molecule has 0 atom stereocenters. The van der Waals surface area contributed by atoms with E-state index >= 15 is 0 Å². The van der Waals surface area contributed by atoms with Gasteiger partial charge in [-0.05, 0) is 6.92 Å². The second kappa shape index (κ2) is 5.95. The molecule has 0 aliphatic carbocycles. The lowest BCUT2D eigenvalue weighted by Gasteiger charge is -2.07. The smallest absolute Gasteiger partial charge is 0.221 e. The van der Waals surface area contributed by atoms with E-state index in [4.69, 9.17) is 0 Å². The molecule has 0 bridgehead atoms. The van der Waals surface area contributed by atoms with Gasteiger partial charge in [0.05, 0.1) is 6.20 Å². The van der Waals surface area contributed by atoms with Gasteiger partial charge in [-0.2, -0.15) is 5.10 Å². The summed E-state index contributed by atoms with van der Waals surface area (Å²) in [5.41, 5.74) is 0. The Morgan fingerprint density at radius 3 is 3.00 bits per heavy atom. The van der Waals surface area contributed by atoms with Crippen molar-refractivity contribution in [2.75, 3.05) is 18.4 Å². The third kappa shape index (κ3) is 2.94. The van der Waals surface area contributed by atoms with E-state index in [0.717, 1.165) is 16.6 Å². The summed E-state index contributed by atoms with van der Waals surface area (Å²) in [6.07, 6.45) is 2.16. The molecule has 0 saturated carbocycles. The van der Waals surface area contributed by atoms with Crippen molar-refractivity contribution in [3.8, 4) is 0 Å². The highest BCUT2D eigenvalue weighted by Crippen LogP contribution is 2.18. The summed E-state index contributed by atoms with van der Waals surface area (Å²) in [5, 5.41) is 15.9. The molecule has 0 unspecified atom stereocenters. The number of carbonyl (C=O) groups excluding carboxylic acids is 1. The molecular weight excluding hydrogens is 228 g/mol. The molecular formula is C13H16N4O. The standard InChI is InChI=1S/C13H16N4O/c1-2-14-12(18)7-8-15-13-11-6-4-3-5-10(11)9-16-17-13/h3-6,9H,2,7-8H2,1H3,(H,14,18)(H,15,17). The van der Waals surface area contributed by atoms with Crippen molar-refractivity contribution in [1.82, 2.24) is 15.5 Å². The second-order valence-corrected chi connectivity index (χ2v) is 3.91. The van der Waals surface area contributed by atoms with Crippen LogP contribution >= 0.6 is 0 Å². The average Bonchev–Trinajstić information content (AvgIpc) is 2.39. The van der Waals surface area contributed by atoms with Crippen LogP contribution in [0.25, 0.3) is 10.8 Å². The minimum Gasteiger partial charge on any atom is -0.368 e. The zero-order valence-electron chi connectivity index (χ0n) is 10.3. The first kappa shape index (κ1) is 12.3. The molecule has 0 spiro atoms. The number of nitrogens with zero attached hydrogens (tertiary/aromatic N) is 2. The number of nitrogens with one attached hydrogen (secondary N) is 2. The molecule has 0 saturated heterocycles. The Balaban J connectivity index is 2.01. The molecule has 2 N–H and O–H groups in total. The fourth-order valence-corrected chi connectivity index (χ4v) is 1.74. The summed E-state index contributed by atoms with van der Waals surface area (Å²) in [4.78, 5) is 11.3. The van der Waals surface area contributed by atoms with Crippen LogP contribution in [-0.2, 0) is 4.79 Å². The van der Waals surface area contributed by atoms with E-state index in [0.29, 0.717) is 19.5 Å². The summed E-state index contributed by atoms with van der Waals surface area (Å²) in [6, 6.07) is 7.89. The Morgan fingerprint density at radius 2 is 2.17 bits per heavy atom. The molecule has 1 aromatic heterocycles. The molecule has 0 radical (unpaired) electrons. The second-order valence-electron chi connectivity index (χ2n) is 3.91. The van der Waals surface area contributed by atoms with E-state index in [1.807, 2.05) is 31.2 Å². The van der Waals surface area contributed by atoms with E-state index in [1.54, 1.807) is 6.20 Å². The van der Waals surface area contributed by atoms with Crippen LogP contribution in [-0.4, -0.2) is 29.2 Å². The summed E-state index contributed by atoms with van der Waals surface area (Å²) in [5.74, 6) is 0.760. The van der Waals surface area contributed by atoms with Gasteiger partial charge in [0.1, 0.15) is 0 Å². The minimum absolute atomic E-state index is 0.0400. The van der Waals surface area contributed by atoms with Gasteiger partial charge >= 0.3 is 0 Å². The highest BCUT2D eigenvalue weighted by molar-refractivity contribution is 5.91. The van der Waals surface area contributed by atoms with E-state index in [-0.39, 0.29) is 5.91 Å². The highest BCUT2D eigenvalue weighted by Gasteiger charge is 2.03. The maximum absolute atomic E-state index is 11.3. The zero-order valence-corrected chi connectivity index (χ0v) is 10.3. The van der Waals surface area contributed by atoms with Gasteiger partial charge in [-0.3, -0.25) is 4.79 Å². The molecule has 0 fully saturated rings. The molecule has 1 heterocycles. The van der Waals surface area contributed by atoms with Gasteiger partial charge < -0.3 is 10.6 Å². The van der Waals surface area contributed by atoms with Crippen LogP contribution in [0.1, 0.15) is 13.3 Å². The number of amides is 1. The number of carbonyl (C=O) groups is 1. The van der Waals surface area contributed by atoms with Crippen LogP contribution in [0.3, 0.4) is 0 Å². The average molecular weight is 244 g/mol. The van der Waals surface area contributed by atoms with Gasteiger partial charge in [0, 0.05) is 30.3 Å². The molecule has 94 valence electrons. The first-order valence-electron chi connectivity index (χ1n) is 6.02. The van der Waals surface area contributed by atoms with Crippen LogP contribution < -0.4 is 10.6 Å². The first-order chi connectivity index (χ1) is 8.81. The summed E-state index contributed by atoms with van der Waals surface area (Å²) < 4.78 is 0. The van der Waals surface area contributed by atoms with Crippen molar-refractivity contribution < 1.29 is 4.79 Å².